The summed E-state index contributed by atoms with van der Waals surface area (Å²) >= 11 is 6.26. The van der Waals surface area contributed by atoms with Crippen LogP contribution in [0.5, 0.6) is 5.88 Å². The summed E-state index contributed by atoms with van der Waals surface area (Å²) in [6, 6.07) is 8.46. The monoisotopic (exact) mass is 459 g/mol. The molecule has 0 bridgehead atoms. The number of hydrogen-bond acceptors (Lipinski definition) is 7. The summed E-state index contributed by atoms with van der Waals surface area (Å²) in [5.74, 6) is 1.29. The number of nitrogens with one attached hydrogen (secondary N) is 2. The van der Waals surface area contributed by atoms with Crippen LogP contribution >= 0.6 is 11.6 Å². The number of rotatable bonds is 7. The zero-order chi connectivity index (χ0) is 22.3. The van der Waals surface area contributed by atoms with E-state index in [4.69, 9.17) is 21.1 Å². The first kappa shape index (κ1) is 22.6. The third-order valence-corrected chi connectivity index (χ3v) is 6.18. The number of anilines is 3. The molecule has 0 unspecified atom stereocenters. The molecule has 1 amide bonds. The fraction of sp³-hybridized carbons (Fsp3) is 0.522. The summed E-state index contributed by atoms with van der Waals surface area (Å²) in [7, 11) is 0. The van der Waals surface area contributed by atoms with E-state index in [0.29, 0.717) is 29.4 Å². The third-order valence-electron chi connectivity index (χ3n) is 5.92. The van der Waals surface area contributed by atoms with Crippen molar-refractivity contribution in [2.24, 2.45) is 5.92 Å². The minimum absolute atomic E-state index is 0.0354. The molecule has 1 aliphatic heterocycles. The Labute approximate surface area is 193 Å². The van der Waals surface area contributed by atoms with Crippen LogP contribution in [0.3, 0.4) is 0 Å². The number of amides is 1. The lowest BCUT2D eigenvalue weighted by molar-refractivity contribution is -0.119. The molecule has 2 aliphatic rings. The topological polar surface area (TPSA) is 88.6 Å². The highest BCUT2D eigenvalue weighted by atomic mass is 35.5. The van der Waals surface area contributed by atoms with E-state index in [-0.39, 0.29) is 11.9 Å². The number of ether oxygens (including phenoxy) is 2. The van der Waals surface area contributed by atoms with Gasteiger partial charge in [0.2, 0.25) is 17.7 Å². The second kappa shape index (κ2) is 10.8. The van der Waals surface area contributed by atoms with Crippen molar-refractivity contribution in [2.75, 3.05) is 43.1 Å². The lowest BCUT2D eigenvalue weighted by atomic mass is 9.86. The Morgan fingerprint density at radius 2 is 1.91 bits per heavy atom. The van der Waals surface area contributed by atoms with Crippen molar-refractivity contribution in [3.8, 4) is 5.88 Å². The number of aromatic nitrogens is 2. The molecule has 8 nitrogen and oxygen atoms in total. The van der Waals surface area contributed by atoms with Gasteiger partial charge in [0.1, 0.15) is 5.02 Å². The SMILES string of the molecule is CC(=O)NC1CCC(COc2nc(Nc3ccc(N4CCOCC4)cc3)ncc2Cl)CC1. The highest BCUT2D eigenvalue weighted by Crippen LogP contribution is 2.28. The van der Waals surface area contributed by atoms with Crippen LogP contribution in [-0.2, 0) is 9.53 Å². The smallest absolute Gasteiger partial charge is 0.237 e. The fourth-order valence-electron chi connectivity index (χ4n) is 4.18. The molecule has 2 aromatic rings. The van der Waals surface area contributed by atoms with Crippen LogP contribution in [0.25, 0.3) is 0 Å². The lowest BCUT2D eigenvalue weighted by Gasteiger charge is -2.29. The van der Waals surface area contributed by atoms with Gasteiger partial charge in [0.25, 0.3) is 0 Å². The van der Waals surface area contributed by atoms with Crippen LogP contribution in [-0.4, -0.2) is 54.8 Å². The summed E-state index contributed by atoms with van der Waals surface area (Å²) in [4.78, 5) is 22.3. The first-order valence-electron chi connectivity index (χ1n) is 11.2. The van der Waals surface area contributed by atoms with Gasteiger partial charge in [-0.2, -0.15) is 4.98 Å². The zero-order valence-corrected chi connectivity index (χ0v) is 19.1. The molecule has 0 radical (unpaired) electrons. The van der Waals surface area contributed by atoms with Gasteiger partial charge in [-0.3, -0.25) is 4.79 Å². The van der Waals surface area contributed by atoms with E-state index in [2.05, 4.69) is 37.6 Å². The molecule has 1 saturated heterocycles. The molecule has 32 heavy (non-hydrogen) atoms. The van der Waals surface area contributed by atoms with Gasteiger partial charge in [-0.05, 0) is 55.9 Å². The van der Waals surface area contributed by atoms with E-state index in [0.717, 1.165) is 57.7 Å². The quantitative estimate of drug-likeness (QED) is 0.651. The van der Waals surface area contributed by atoms with Gasteiger partial charge in [0.05, 0.1) is 26.0 Å². The molecule has 2 heterocycles. The first-order valence-corrected chi connectivity index (χ1v) is 11.6. The van der Waals surface area contributed by atoms with Crippen molar-refractivity contribution in [3.63, 3.8) is 0 Å². The highest BCUT2D eigenvalue weighted by Gasteiger charge is 2.22. The number of morpholine rings is 1. The van der Waals surface area contributed by atoms with Gasteiger partial charge < -0.3 is 25.0 Å². The molecule has 4 rings (SSSR count). The van der Waals surface area contributed by atoms with E-state index in [1.54, 1.807) is 13.1 Å². The van der Waals surface area contributed by atoms with Crippen molar-refractivity contribution in [3.05, 3.63) is 35.5 Å². The molecule has 1 aromatic carbocycles. The Morgan fingerprint density at radius 3 is 2.59 bits per heavy atom. The minimum Gasteiger partial charge on any atom is -0.476 e. The Bertz CT molecular complexity index is 897. The molecule has 172 valence electrons. The fourth-order valence-corrected chi connectivity index (χ4v) is 4.32. The standard InChI is InChI=1S/C23H30ClN5O3/c1-16(30)26-18-4-2-17(3-5-18)15-32-22-21(24)14-25-23(28-22)27-19-6-8-20(9-7-19)29-10-12-31-13-11-29/h6-9,14,17-18H,2-5,10-13,15H2,1H3,(H,26,30)(H,25,27,28). The van der Waals surface area contributed by atoms with Crippen molar-refractivity contribution < 1.29 is 14.3 Å². The molecular formula is C23H30ClN5O3. The van der Waals surface area contributed by atoms with Gasteiger partial charge in [-0.15, -0.1) is 0 Å². The molecule has 0 atom stereocenters. The normalized spacial score (nSPS) is 21.1. The highest BCUT2D eigenvalue weighted by molar-refractivity contribution is 6.31. The number of carbonyl (C=O) groups excluding carboxylic acids is 1. The molecule has 1 aliphatic carbocycles. The van der Waals surface area contributed by atoms with Crippen molar-refractivity contribution in [1.82, 2.24) is 15.3 Å². The van der Waals surface area contributed by atoms with E-state index in [1.165, 1.54) is 5.69 Å². The van der Waals surface area contributed by atoms with Gasteiger partial charge in [-0.1, -0.05) is 11.6 Å². The molecule has 1 saturated carbocycles. The van der Waals surface area contributed by atoms with Gasteiger partial charge in [0, 0.05) is 37.4 Å². The predicted molar refractivity (Wildman–Crippen MR) is 125 cm³/mol. The van der Waals surface area contributed by atoms with Crippen LogP contribution in [0.1, 0.15) is 32.6 Å². The second-order valence-electron chi connectivity index (χ2n) is 8.35. The van der Waals surface area contributed by atoms with Crippen LogP contribution in [0.15, 0.2) is 30.5 Å². The average Bonchev–Trinajstić information content (AvgIpc) is 2.81. The first-order chi connectivity index (χ1) is 15.6. The van der Waals surface area contributed by atoms with E-state index >= 15 is 0 Å². The number of nitrogens with zero attached hydrogens (tertiary/aromatic N) is 3. The van der Waals surface area contributed by atoms with Gasteiger partial charge >= 0.3 is 0 Å². The van der Waals surface area contributed by atoms with Crippen LogP contribution in [0.2, 0.25) is 5.02 Å². The van der Waals surface area contributed by atoms with E-state index in [1.807, 2.05) is 12.1 Å². The number of benzene rings is 1. The summed E-state index contributed by atoms with van der Waals surface area (Å²) in [6.07, 6.45) is 5.52. The van der Waals surface area contributed by atoms with Crippen molar-refractivity contribution in [2.45, 2.75) is 38.6 Å². The van der Waals surface area contributed by atoms with Crippen LogP contribution in [0.4, 0.5) is 17.3 Å². The minimum atomic E-state index is 0.0354. The molecular weight excluding hydrogens is 430 g/mol. The Kier molecular flexibility index (Phi) is 7.65. The summed E-state index contributed by atoms with van der Waals surface area (Å²) in [5.41, 5.74) is 2.07. The number of carbonyl (C=O) groups is 1. The summed E-state index contributed by atoms with van der Waals surface area (Å²) in [6.45, 7) is 5.45. The molecule has 2 N–H and O–H groups in total. The van der Waals surface area contributed by atoms with Crippen LogP contribution < -0.4 is 20.3 Å². The maximum atomic E-state index is 11.2. The Hall–Kier alpha value is -2.58. The predicted octanol–water partition coefficient (Wildman–Crippen LogP) is 3.78. The van der Waals surface area contributed by atoms with Crippen LogP contribution in [0, 0.1) is 5.92 Å². The lowest BCUT2D eigenvalue weighted by Crippen LogP contribution is -2.37. The molecule has 1 aromatic heterocycles. The molecule has 0 spiro atoms. The van der Waals surface area contributed by atoms with E-state index in [9.17, 15) is 4.79 Å². The maximum absolute atomic E-state index is 11.2. The maximum Gasteiger partial charge on any atom is 0.237 e. The average molecular weight is 460 g/mol. The number of halogens is 1. The van der Waals surface area contributed by atoms with Gasteiger partial charge in [-0.25, -0.2) is 4.98 Å². The second-order valence-corrected chi connectivity index (χ2v) is 8.75. The molecule has 2 fully saturated rings. The molecule has 9 heteroatoms. The van der Waals surface area contributed by atoms with Crippen molar-refractivity contribution >= 4 is 34.8 Å². The Morgan fingerprint density at radius 1 is 1.19 bits per heavy atom. The Balaban J connectivity index is 1.30. The number of hydrogen-bond donors (Lipinski definition) is 2. The largest absolute Gasteiger partial charge is 0.476 e. The van der Waals surface area contributed by atoms with E-state index < -0.39 is 0 Å². The van der Waals surface area contributed by atoms with Crippen molar-refractivity contribution in [1.29, 1.82) is 0 Å². The third kappa shape index (κ3) is 6.23. The zero-order valence-electron chi connectivity index (χ0n) is 18.3. The summed E-state index contributed by atoms with van der Waals surface area (Å²) in [5, 5.41) is 6.61. The van der Waals surface area contributed by atoms with Gasteiger partial charge in [0.15, 0.2) is 0 Å². The summed E-state index contributed by atoms with van der Waals surface area (Å²) < 4.78 is 11.4.